The predicted octanol–water partition coefficient (Wildman–Crippen LogP) is 2.69. The summed E-state index contributed by atoms with van der Waals surface area (Å²) >= 11 is 2.34. The number of aryl methyl sites for hydroxylation is 1. The second-order valence-corrected chi connectivity index (χ2v) is 6.71. The van der Waals surface area contributed by atoms with Crippen molar-refractivity contribution in [3.63, 3.8) is 0 Å². The highest BCUT2D eigenvalue weighted by Gasteiger charge is 2.26. The maximum atomic E-state index is 12.1. The van der Waals surface area contributed by atoms with Crippen LogP contribution in [-0.4, -0.2) is 39.0 Å². The number of halogens is 3. The summed E-state index contributed by atoms with van der Waals surface area (Å²) in [4.78, 5) is 7.50. The zero-order valence-corrected chi connectivity index (χ0v) is 15.3. The van der Waals surface area contributed by atoms with Crippen LogP contribution >= 0.6 is 23.1 Å². The molecule has 0 saturated heterocycles. The van der Waals surface area contributed by atoms with Crippen molar-refractivity contribution in [2.24, 2.45) is 10.7 Å². The lowest BCUT2D eigenvalue weighted by molar-refractivity contribution is -0.118. The molecule has 0 aliphatic rings. The Balaban J connectivity index is 1.63. The second-order valence-electron chi connectivity index (χ2n) is 5.32. The number of hydrogen-bond acceptors (Lipinski definition) is 8. The normalized spacial score (nSPS) is 12.3. The first-order valence-corrected chi connectivity index (χ1v) is 9.34. The maximum Gasteiger partial charge on any atom is 0.408 e. The molecule has 2 aromatic rings. The average molecular weight is 408 g/mol. The summed E-state index contributed by atoms with van der Waals surface area (Å²) in [5.41, 5.74) is 11.9. The van der Waals surface area contributed by atoms with Crippen molar-refractivity contribution < 1.29 is 13.2 Å². The van der Waals surface area contributed by atoms with Crippen molar-refractivity contribution in [3.8, 4) is 0 Å². The molecule has 0 saturated carbocycles. The highest BCUT2D eigenvalue weighted by Crippen LogP contribution is 2.18. The van der Waals surface area contributed by atoms with Crippen molar-refractivity contribution in [2.45, 2.75) is 31.9 Å². The Hall–Kier alpha value is -2.15. The van der Waals surface area contributed by atoms with Crippen molar-refractivity contribution in [1.82, 2.24) is 13.7 Å². The molecule has 0 radical (unpaired) electrons. The van der Waals surface area contributed by atoms with Gasteiger partial charge in [-0.3, -0.25) is 0 Å². The van der Waals surface area contributed by atoms with Crippen LogP contribution in [0.3, 0.4) is 0 Å². The van der Waals surface area contributed by atoms with Crippen LogP contribution in [0.5, 0.6) is 0 Å². The number of thiazole rings is 1. The molecule has 0 spiro atoms. The summed E-state index contributed by atoms with van der Waals surface area (Å²) in [7, 11) is 0. The van der Waals surface area contributed by atoms with Gasteiger partial charge in [-0.1, -0.05) is 6.42 Å². The second kappa shape index (κ2) is 9.52. The van der Waals surface area contributed by atoms with E-state index >= 15 is 0 Å². The van der Waals surface area contributed by atoms with Gasteiger partial charge in [0.1, 0.15) is 6.54 Å². The Labute approximate surface area is 156 Å². The molecule has 144 valence electrons. The number of aliphatic imine (C=N–C) groups is 1. The molecule has 2 rings (SSSR count). The van der Waals surface area contributed by atoms with Crippen molar-refractivity contribution in [2.75, 3.05) is 29.5 Å². The van der Waals surface area contributed by atoms with E-state index in [0.717, 1.165) is 49.7 Å². The van der Waals surface area contributed by atoms with E-state index < -0.39 is 12.7 Å². The predicted molar refractivity (Wildman–Crippen MR) is 98.6 cm³/mol. The molecule has 6 N–H and O–H groups in total. The van der Waals surface area contributed by atoms with E-state index in [9.17, 15) is 13.2 Å². The van der Waals surface area contributed by atoms with E-state index in [1.807, 2.05) is 5.38 Å². The molecule has 2 heterocycles. The molecule has 0 aromatic carbocycles. The Morgan fingerprint density at radius 3 is 2.73 bits per heavy atom. The van der Waals surface area contributed by atoms with Crippen LogP contribution in [0.2, 0.25) is 0 Å². The van der Waals surface area contributed by atoms with Crippen LogP contribution in [0.25, 0.3) is 0 Å². The highest BCUT2D eigenvalue weighted by molar-refractivity contribution is 7.13. The Bertz CT molecular complexity index is 712. The first kappa shape index (κ1) is 20.2. The van der Waals surface area contributed by atoms with Gasteiger partial charge < -0.3 is 22.1 Å². The summed E-state index contributed by atoms with van der Waals surface area (Å²) in [5.74, 6) is 0.732. The Morgan fingerprint density at radius 1 is 1.23 bits per heavy atom. The third-order valence-corrected chi connectivity index (χ3v) is 4.48. The molecule has 26 heavy (non-hydrogen) atoms. The van der Waals surface area contributed by atoms with Gasteiger partial charge in [0.2, 0.25) is 0 Å². The van der Waals surface area contributed by atoms with E-state index in [2.05, 4.69) is 29.4 Å². The number of aromatic nitrogens is 3. The lowest BCUT2D eigenvalue weighted by Crippen LogP contribution is -2.25. The Morgan fingerprint density at radius 2 is 2.04 bits per heavy atom. The fourth-order valence-corrected chi connectivity index (χ4v) is 3.14. The monoisotopic (exact) mass is 408 g/mol. The molecule has 0 aliphatic carbocycles. The van der Waals surface area contributed by atoms with Crippen LogP contribution < -0.4 is 22.1 Å². The van der Waals surface area contributed by atoms with Crippen LogP contribution in [0.4, 0.5) is 29.9 Å². The molecule has 8 nitrogen and oxygen atoms in total. The molecule has 2 aromatic heterocycles. The number of nitrogens with one attached hydrogen (secondary N) is 2. The molecule has 0 fully saturated rings. The van der Waals surface area contributed by atoms with Crippen molar-refractivity contribution >= 4 is 45.8 Å². The molecule has 0 aliphatic heterocycles. The minimum Gasteiger partial charge on any atom is -0.380 e. The fraction of sp³-hybridized carbons (Fsp3) is 0.538. The van der Waals surface area contributed by atoms with Gasteiger partial charge in [-0.2, -0.15) is 21.9 Å². The van der Waals surface area contributed by atoms with E-state index in [1.165, 1.54) is 11.3 Å². The number of alkyl halides is 3. The van der Waals surface area contributed by atoms with Gasteiger partial charge in [0.05, 0.1) is 17.4 Å². The Kier molecular flexibility index (Phi) is 7.38. The fourth-order valence-electron chi connectivity index (χ4n) is 1.94. The SMILES string of the molecule is N/C(=N/CC(F)(F)F)Nc1nc(CCCCCNc2nsnc2N)cs1. The van der Waals surface area contributed by atoms with Crippen LogP contribution in [-0.2, 0) is 6.42 Å². The zero-order valence-electron chi connectivity index (χ0n) is 13.7. The van der Waals surface area contributed by atoms with Gasteiger partial charge in [-0.25, -0.2) is 9.98 Å². The highest BCUT2D eigenvalue weighted by atomic mass is 32.1. The number of guanidine groups is 1. The van der Waals surface area contributed by atoms with E-state index in [0.29, 0.717) is 16.8 Å². The number of nitrogen functional groups attached to an aromatic ring is 1. The summed E-state index contributed by atoms with van der Waals surface area (Å²) in [6.45, 7) is -0.563. The quantitative estimate of drug-likeness (QED) is 0.285. The summed E-state index contributed by atoms with van der Waals surface area (Å²) in [6.07, 6.45) is -0.731. The number of unbranched alkanes of at least 4 members (excludes halogenated alkanes) is 2. The molecule has 0 bridgehead atoms. The number of anilines is 3. The molecular formula is C13H19F3N8S2. The van der Waals surface area contributed by atoms with Crippen molar-refractivity contribution in [3.05, 3.63) is 11.1 Å². The van der Waals surface area contributed by atoms with Gasteiger partial charge in [0, 0.05) is 11.9 Å². The smallest absolute Gasteiger partial charge is 0.380 e. The van der Waals surface area contributed by atoms with Gasteiger partial charge in [-0.15, -0.1) is 11.3 Å². The first-order valence-electron chi connectivity index (χ1n) is 7.73. The summed E-state index contributed by atoms with van der Waals surface area (Å²) in [6, 6.07) is 0. The van der Waals surface area contributed by atoms with Crippen molar-refractivity contribution in [1.29, 1.82) is 0 Å². The summed E-state index contributed by atoms with van der Waals surface area (Å²) < 4.78 is 44.1. The topological polar surface area (TPSA) is 127 Å². The number of nitrogens with two attached hydrogens (primary N) is 2. The van der Waals surface area contributed by atoms with Gasteiger partial charge >= 0.3 is 6.18 Å². The van der Waals surface area contributed by atoms with E-state index in [1.54, 1.807) is 0 Å². The van der Waals surface area contributed by atoms with Gasteiger partial charge in [0.25, 0.3) is 0 Å². The zero-order chi connectivity index (χ0) is 19.0. The molecule has 13 heteroatoms. The number of rotatable bonds is 9. The van der Waals surface area contributed by atoms with Crippen LogP contribution in [0, 0.1) is 0 Å². The van der Waals surface area contributed by atoms with Crippen LogP contribution in [0.15, 0.2) is 10.4 Å². The standard InChI is InChI=1S/C13H19F3N8S2/c14-13(15,16)7-20-11(18)22-12-21-8(6-25-12)4-2-1-3-5-19-10-9(17)23-26-24-10/h6H,1-5,7H2,(H2,17,23)(H,19,24)(H3,18,20,21,22). The van der Waals surface area contributed by atoms with E-state index in [-0.39, 0.29) is 5.96 Å². The molecular weight excluding hydrogens is 389 g/mol. The molecule has 0 unspecified atom stereocenters. The van der Waals surface area contributed by atoms with Crippen LogP contribution in [0.1, 0.15) is 25.0 Å². The number of nitrogens with zero attached hydrogens (tertiary/aromatic N) is 4. The lowest BCUT2D eigenvalue weighted by Gasteiger charge is -2.04. The van der Waals surface area contributed by atoms with Gasteiger partial charge in [-0.05, 0) is 19.3 Å². The summed E-state index contributed by atoms with van der Waals surface area (Å²) in [5, 5.41) is 7.96. The molecule has 0 amide bonds. The van der Waals surface area contributed by atoms with E-state index in [4.69, 9.17) is 11.5 Å². The minimum atomic E-state index is -4.38. The third-order valence-electron chi connectivity index (χ3n) is 3.13. The first-order chi connectivity index (χ1) is 12.3. The maximum absolute atomic E-state index is 12.1. The number of hydrogen-bond donors (Lipinski definition) is 4. The largest absolute Gasteiger partial charge is 0.408 e. The van der Waals surface area contributed by atoms with Gasteiger partial charge in [0.15, 0.2) is 22.7 Å². The average Bonchev–Trinajstić information content (AvgIpc) is 3.17. The lowest BCUT2D eigenvalue weighted by atomic mass is 10.1. The minimum absolute atomic E-state index is 0.301. The molecule has 0 atom stereocenters. The third kappa shape index (κ3) is 7.39.